The minimum Gasteiger partial charge on any atom is -0.475 e. The second-order valence-corrected chi connectivity index (χ2v) is 4.51. The Labute approximate surface area is 105 Å². The number of carboxylic acids is 1. The summed E-state index contributed by atoms with van der Waals surface area (Å²) in [5.41, 5.74) is 2.32. The van der Waals surface area contributed by atoms with Crippen molar-refractivity contribution in [3.8, 4) is 11.5 Å². The second-order valence-electron chi connectivity index (χ2n) is 4.51. The van der Waals surface area contributed by atoms with Crippen molar-refractivity contribution < 1.29 is 14.3 Å². The van der Waals surface area contributed by atoms with E-state index in [9.17, 15) is 4.79 Å². The fraction of sp³-hybridized carbons (Fsp3) is 0.286. The Morgan fingerprint density at radius 2 is 2.00 bits per heavy atom. The van der Waals surface area contributed by atoms with E-state index in [1.54, 1.807) is 0 Å². The van der Waals surface area contributed by atoms with Gasteiger partial charge in [-0.05, 0) is 24.5 Å². The van der Waals surface area contributed by atoms with Crippen LogP contribution in [0.3, 0.4) is 0 Å². The largest absolute Gasteiger partial charge is 0.475 e. The van der Waals surface area contributed by atoms with Crippen LogP contribution in [0.5, 0.6) is 0 Å². The van der Waals surface area contributed by atoms with Gasteiger partial charge in [0.05, 0.1) is 5.69 Å². The monoisotopic (exact) mass is 245 g/mol. The summed E-state index contributed by atoms with van der Waals surface area (Å²) >= 11 is 0. The van der Waals surface area contributed by atoms with Crippen LogP contribution in [0.4, 0.5) is 0 Å². The van der Waals surface area contributed by atoms with Crippen LogP contribution < -0.4 is 0 Å². The third kappa shape index (κ3) is 2.14. The fourth-order valence-corrected chi connectivity index (χ4v) is 1.80. The topological polar surface area (TPSA) is 63.3 Å². The number of nitrogens with zero attached hydrogens (tertiary/aromatic N) is 1. The summed E-state index contributed by atoms with van der Waals surface area (Å²) in [4.78, 5) is 15.4. The van der Waals surface area contributed by atoms with E-state index < -0.39 is 5.97 Å². The standard InChI is InChI=1S/C14H15NO3/c1-8(2)11-12(14(16)17)18-13(15-11)10-7-5-4-6-9(10)3/h4-8H,1-3H3,(H,16,17). The van der Waals surface area contributed by atoms with Crippen LogP contribution in [0.25, 0.3) is 11.5 Å². The Balaban J connectivity index is 2.57. The third-order valence-corrected chi connectivity index (χ3v) is 2.77. The van der Waals surface area contributed by atoms with E-state index in [1.807, 2.05) is 45.0 Å². The first-order chi connectivity index (χ1) is 8.50. The zero-order valence-electron chi connectivity index (χ0n) is 10.6. The quantitative estimate of drug-likeness (QED) is 0.899. The molecule has 0 radical (unpaired) electrons. The van der Waals surface area contributed by atoms with Gasteiger partial charge in [0, 0.05) is 5.56 Å². The molecule has 2 rings (SSSR count). The number of hydrogen-bond acceptors (Lipinski definition) is 3. The molecule has 0 spiro atoms. The Morgan fingerprint density at radius 1 is 1.33 bits per heavy atom. The summed E-state index contributed by atoms with van der Waals surface area (Å²) in [5.74, 6) is -0.763. The SMILES string of the molecule is Cc1ccccc1-c1nc(C(C)C)c(C(=O)O)o1. The van der Waals surface area contributed by atoms with Crippen LogP contribution in [0.1, 0.15) is 41.6 Å². The first-order valence-electron chi connectivity index (χ1n) is 5.80. The summed E-state index contributed by atoms with van der Waals surface area (Å²) in [6.07, 6.45) is 0. The van der Waals surface area contributed by atoms with Crippen LogP contribution in [0.2, 0.25) is 0 Å². The highest BCUT2D eigenvalue weighted by Gasteiger charge is 2.22. The number of carbonyl (C=O) groups is 1. The first-order valence-corrected chi connectivity index (χ1v) is 5.80. The molecule has 0 bridgehead atoms. The molecule has 0 fully saturated rings. The fourth-order valence-electron chi connectivity index (χ4n) is 1.80. The van der Waals surface area contributed by atoms with Crippen molar-refractivity contribution in [3.05, 3.63) is 41.3 Å². The van der Waals surface area contributed by atoms with Crippen LogP contribution in [-0.2, 0) is 0 Å². The average molecular weight is 245 g/mol. The highest BCUT2D eigenvalue weighted by molar-refractivity contribution is 5.86. The number of hydrogen-bond donors (Lipinski definition) is 1. The molecule has 18 heavy (non-hydrogen) atoms. The molecule has 0 atom stereocenters. The molecule has 1 aromatic heterocycles. The number of carboxylic acid groups (broad SMARTS) is 1. The van der Waals surface area contributed by atoms with Crippen molar-refractivity contribution in [1.29, 1.82) is 0 Å². The van der Waals surface area contributed by atoms with E-state index in [4.69, 9.17) is 9.52 Å². The zero-order chi connectivity index (χ0) is 13.3. The van der Waals surface area contributed by atoms with Crippen LogP contribution in [-0.4, -0.2) is 16.1 Å². The van der Waals surface area contributed by atoms with Gasteiger partial charge in [-0.3, -0.25) is 0 Å². The lowest BCUT2D eigenvalue weighted by molar-refractivity contribution is 0.0661. The van der Waals surface area contributed by atoms with Gasteiger partial charge < -0.3 is 9.52 Å². The van der Waals surface area contributed by atoms with Gasteiger partial charge in [-0.25, -0.2) is 9.78 Å². The van der Waals surface area contributed by atoms with E-state index in [0.29, 0.717) is 11.6 Å². The van der Waals surface area contributed by atoms with Crippen LogP contribution >= 0.6 is 0 Å². The van der Waals surface area contributed by atoms with Gasteiger partial charge in [0.1, 0.15) is 0 Å². The molecule has 0 aliphatic rings. The molecule has 0 saturated heterocycles. The van der Waals surface area contributed by atoms with E-state index >= 15 is 0 Å². The number of aromatic carboxylic acids is 1. The lowest BCUT2D eigenvalue weighted by Gasteiger charge is -1.99. The lowest BCUT2D eigenvalue weighted by atomic mass is 10.1. The predicted molar refractivity (Wildman–Crippen MR) is 67.7 cm³/mol. The van der Waals surface area contributed by atoms with Crippen LogP contribution in [0, 0.1) is 6.92 Å². The molecule has 4 nitrogen and oxygen atoms in total. The molecule has 0 amide bonds. The van der Waals surface area contributed by atoms with Gasteiger partial charge >= 0.3 is 5.97 Å². The normalized spacial score (nSPS) is 10.9. The van der Waals surface area contributed by atoms with Crippen molar-refractivity contribution in [2.45, 2.75) is 26.7 Å². The van der Waals surface area contributed by atoms with Gasteiger partial charge in [-0.15, -0.1) is 0 Å². The van der Waals surface area contributed by atoms with Gasteiger partial charge in [-0.1, -0.05) is 32.0 Å². The number of aryl methyl sites for hydroxylation is 1. The van der Waals surface area contributed by atoms with E-state index in [1.165, 1.54) is 0 Å². The van der Waals surface area contributed by atoms with E-state index in [2.05, 4.69) is 4.98 Å². The second kappa shape index (κ2) is 4.64. The molecule has 4 heteroatoms. The molecular formula is C14H15NO3. The average Bonchev–Trinajstić information content (AvgIpc) is 2.74. The van der Waals surface area contributed by atoms with Crippen LogP contribution in [0.15, 0.2) is 28.7 Å². The Morgan fingerprint density at radius 3 is 2.50 bits per heavy atom. The summed E-state index contributed by atoms with van der Waals surface area (Å²) < 4.78 is 5.39. The molecule has 1 N–H and O–H groups in total. The Kier molecular flexibility index (Phi) is 3.19. The van der Waals surface area contributed by atoms with Crippen molar-refractivity contribution in [3.63, 3.8) is 0 Å². The van der Waals surface area contributed by atoms with Gasteiger partial charge in [-0.2, -0.15) is 0 Å². The Bertz CT molecular complexity index is 584. The molecule has 0 saturated carbocycles. The maximum Gasteiger partial charge on any atom is 0.373 e. The van der Waals surface area contributed by atoms with Crippen molar-refractivity contribution >= 4 is 5.97 Å². The summed E-state index contributed by atoms with van der Waals surface area (Å²) in [6, 6.07) is 7.61. The first kappa shape index (κ1) is 12.4. The van der Waals surface area contributed by atoms with E-state index in [-0.39, 0.29) is 11.7 Å². The Hall–Kier alpha value is -2.10. The highest BCUT2D eigenvalue weighted by atomic mass is 16.4. The molecule has 2 aromatic rings. The number of benzene rings is 1. The minimum atomic E-state index is -1.08. The predicted octanol–water partition coefficient (Wildman–Crippen LogP) is 3.47. The maximum atomic E-state index is 11.1. The van der Waals surface area contributed by atoms with Gasteiger partial charge in [0.15, 0.2) is 0 Å². The maximum absolute atomic E-state index is 11.1. The number of oxazole rings is 1. The molecule has 1 heterocycles. The summed E-state index contributed by atoms with van der Waals surface area (Å²) in [6.45, 7) is 5.73. The number of aromatic nitrogens is 1. The molecule has 0 aliphatic heterocycles. The van der Waals surface area contributed by atoms with Crippen molar-refractivity contribution in [2.75, 3.05) is 0 Å². The molecule has 0 aliphatic carbocycles. The molecule has 94 valence electrons. The van der Waals surface area contributed by atoms with Crippen molar-refractivity contribution in [2.24, 2.45) is 0 Å². The molecule has 0 unspecified atom stereocenters. The molecule has 1 aromatic carbocycles. The van der Waals surface area contributed by atoms with E-state index in [0.717, 1.165) is 11.1 Å². The zero-order valence-corrected chi connectivity index (χ0v) is 10.6. The number of rotatable bonds is 3. The highest BCUT2D eigenvalue weighted by Crippen LogP contribution is 2.28. The summed E-state index contributed by atoms with van der Waals surface area (Å²) in [7, 11) is 0. The minimum absolute atomic E-state index is 0.0117. The lowest BCUT2D eigenvalue weighted by Crippen LogP contribution is -2.01. The summed E-state index contributed by atoms with van der Waals surface area (Å²) in [5, 5.41) is 9.11. The van der Waals surface area contributed by atoms with Gasteiger partial charge in [0.25, 0.3) is 0 Å². The third-order valence-electron chi connectivity index (χ3n) is 2.77. The molecular weight excluding hydrogens is 230 g/mol. The smallest absolute Gasteiger partial charge is 0.373 e. The van der Waals surface area contributed by atoms with Gasteiger partial charge in [0.2, 0.25) is 11.7 Å². The van der Waals surface area contributed by atoms with Crippen molar-refractivity contribution in [1.82, 2.24) is 4.98 Å².